The fraction of sp³-hybridized carbons (Fsp3) is 0.125. The quantitative estimate of drug-likeness (QED) is 0.383. The van der Waals surface area contributed by atoms with Crippen molar-refractivity contribution in [3.63, 3.8) is 0 Å². The highest BCUT2D eigenvalue weighted by atomic mass is 19.4. The number of benzene rings is 2. The number of ether oxygens (including phenoxy) is 1. The van der Waals surface area contributed by atoms with Crippen LogP contribution in [0.25, 0.3) is 11.4 Å². The third kappa shape index (κ3) is 6.28. The predicted octanol–water partition coefficient (Wildman–Crippen LogP) is 3.92. The molecule has 0 saturated heterocycles. The molecule has 178 valence electrons. The third-order valence-electron chi connectivity index (χ3n) is 4.89. The van der Waals surface area contributed by atoms with E-state index < -0.39 is 18.3 Å². The number of imidazole rings is 1. The number of carbonyl (C=O) groups excluding carboxylic acids is 2. The first-order valence-corrected chi connectivity index (χ1v) is 10.3. The fourth-order valence-corrected chi connectivity index (χ4v) is 3.24. The van der Waals surface area contributed by atoms with Crippen LogP contribution in [-0.2, 0) is 6.54 Å². The van der Waals surface area contributed by atoms with Gasteiger partial charge in [0.25, 0.3) is 5.91 Å². The zero-order valence-corrected chi connectivity index (χ0v) is 18.0. The van der Waals surface area contributed by atoms with Crippen molar-refractivity contribution in [1.82, 2.24) is 24.8 Å². The number of amides is 1. The number of carbonyl (C=O) groups is 2. The van der Waals surface area contributed by atoms with Crippen molar-refractivity contribution in [2.45, 2.75) is 18.9 Å². The molecule has 0 bridgehead atoms. The van der Waals surface area contributed by atoms with E-state index in [9.17, 15) is 22.8 Å². The van der Waals surface area contributed by atoms with Gasteiger partial charge in [0.15, 0.2) is 11.6 Å². The van der Waals surface area contributed by atoms with E-state index in [2.05, 4.69) is 25.0 Å². The molecule has 0 saturated carbocycles. The lowest BCUT2D eigenvalue weighted by atomic mass is 10.0. The molecule has 8 nitrogen and oxygen atoms in total. The Morgan fingerprint density at radius 1 is 0.971 bits per heavy atom. The molecule has 1 atom stereocenters. The maximum absolute atomic E-state index is 13.0. The number of rotatable bonds is 8. The van der Waals surface area contributed by atoms with Gasteiger partial charge in [0.1, 0.15) is 11.8 Å². The first-order valence-electron chi connectivity index (χ1n) is 10.3. The minimum absolute atomic E-state index is 0.113. The molecule has 35 heavy (non-hydrogen) atoms. The normalized spacial score (nSPS) is 12.1. The maximum atomic E-state index is 13.0. The average Bonchev–Trinajstić information content (AvgIpc) is 3.36. The number of hydrogen-bond acceptors (Lipinski definition) is 6. The van der Waals surface area contributed by atoms with Crippen LogP contribution in [0.15, 0.2) is 85.7 Å². The highest BCUT2D eigenvalue weighted by Gasteiger charge is 2.31. The topological polar surface area (TPSA) is 99.0 Å². The number of alkyl halides is 3. The summed E-state index contributed by atoms with van der Waals surface area (Å²) in [4.78, 5) is 38.1. The second kappa shape index (κ2) is 10.2. The monoisotopic (exact) mass is 481 g/mol. The summed E-state index contributed by atoms with van der Waals surface area (Å²) in [5.74, 6) is -0.995. The lowest BCUT2D eigenvalue weighted by Gasteiger charge is -2.18. The highest BCUT2D eigenvalue weighted by molar-refractivity contribution is 6.04. The SMILES string of the molecule is O=C(NC(Cn1ccnc1)C(=O)c1ccccc1)c1cnc(-c2ccc(OC(F)(F)F)cc2)nc1. The van der Waals surface area contributed by atoms with E-state index in [1.165, 1.54) is 24.5 Å². The Hall–Kier alpha value is -4.54. The Balaban J connectivity index is 1.48. The minimum Gasteiger partial charge on any atom is -0.406 e. The molecule has 11 heteroatoms. The first-order chi connectivity index (χ1) is 16.8. The molecule has 0 aliphatic carbocycles. The molecule has 2 heterocycles. The number of halogens is 3. The summed E-state index contributed by atoms with van der Waals surface area (Å²) < 4.78 is 42.5. The van der Waals surface area contributed by atoms with Gasteiger partial charge >= 0.3 is 6.36 Å². The molecule has 2 aromatic carbocycles. The molecule has 0 radical (unpaired) electrons. The van der Waals surface area contributed by atoms with E-state index in [1.807, 2.05) is 0 Å². The van der Waals surface area contributed by atoms with Crippen molar-refractivity contribution in [1.29, 1.82) is 0 Å². The van der Waals surface area contributed by atoms with Crippen molar-refractivity contribution in [3.8, 4) is 17.1 Å². The van der Waals surface area contributed by atoms with Crippen LogP contribution in [0.1, 0.15) is 20.7 Å². The molecule has 0 aliphatic heterocycles. The standard InChI is InChI=1S/C24H18F3N5O3/c25-24(26,27)35-19-8-6-17(7-9-19)22-29-12-18(13-30-22)23(34)31-20(14-32-11-10-28-15-32)21(33)16-4-2-1-3-5-16/h1-13,15,20H,14H2,(H,31,34). The minimum atomic E-state index is -4.79. The number of hydrogen-bond donors (Lipinski definition) is 1. The number of ketones is 1. The van der Waals surface area contributed by atoms with Crippen LogP contribution in [0.3, 0.4) is 0 Å². The van der Waals surface area contributed by atoms with Crippen LogP contribution < -0.4 is 10.1 Å². The lowest BCUT2D eigenvalue weighted by molar-refractivity contribution is -0.274. The van der Waals surface area contributed by atoms with Gasteiger partial charge in [0.2, 0.25) is 0 Å². The number of Topliss-reactive ketones (excluding diaryl/α,β-unsaturated/α-hetero) is 1. The van der Waals surface area contributed by atoms with Gasteiger partial charge in [-0.1, -0.05) is 30.3 Å². The van der Waals surface area contributed by atoms with Crippen LogP contribution in [-0.4, -0.2) is 43.6 Å². The predicted molar refractivity (Wildman–Crippen MR) is 118 cm³/mol. The van der Waals surface area contributed by atoms with Crippen LogP contribution in [0.5, 0.6) is 5.75 Å². The van der Waals surface area contributed by atoms with Crippen molar-refractivity contribution < 1.29 is 27.5 Å². The first kappa shape index (κ1) is 23.6. The van der Waals surface area contributed by atoms with E-state index in [4.69, 9.17) is 0 Å². The molecule has 1 N–H and O–H groups in total. The van der Waals surface area contributed by atoms with Gasteiger partial charge < -0.3 is 14.6 Å². The molecule has 1 amide bonds. The van der Waals surface area contributed by atoms with E-state index in [1.54, 1.807) is 53.6 Å². The second-order valence-corrected chi connectivity index (χ2v) is 7.38. The summed E-state index contributed by atoms with van der Waals surface area (Å²) >= 11 is 0. The van der Waals surface area contributed by atoms with Crippen LogP contribution in [0, 0.1) is 0 Å². The second-order valence-electron chi connectivity index (χ2n) is 7.38. The van der Waals surface area contributed by atoms with E-state index in [-0.39, 0.29) is 29.5 Å². The molecule has 2 aromatic heterocycles. The van der Waals surface area contributed by atoms with Gasteiger partial charge in [-0.25, -0.2) is 15.0 Å². The third-order valence-corrected chi connectivity index (χ3v) is 4.89. The fourth-order valence-electron chi connectivity index (χ4n) is 3.24. The highest BCUT2D eigenvalue weighted by Crippen LogP contribution is 2.25. The van der Waals surface area contributed by atoms with Crippen LogP contribution in [0.2, 0.25) is 0 Å². The Morgan fingerprint density at radius 2 is 1.66 bits per heavy atom. The average molecular weight is 481 g/mol. The molecular formula is C24H18F3N5O3. The zero-order valence-electron chi connectivity index (χ0n) is 18.0. The summed E-state index contributed by atoms with van der Waals surface area (Å²) in [5.41, 5.74) is 0.994. The molecule has 0 fully saturated rings. The number of nitrogens with one attached hydrogen (secondary N) is 1. The summed E-state index contributed by atoms with van der Waals surface area (Å²) in [6, 6.07) is 12.7. The van der Waals surface area contributed by atoms with Crippen LogP contribution in [0.4, 0.5) is 13.2 Å². The van der Waals surface area contributed by atoms with E-state index >= 15 is 0 Å². The van der Waals surface area contributed by atoms with Crippen molar-refractivity contribution in [3.05, 3.63) is 96.8 Å². The molecule has 0 aliphatic rings. The van der Waals surface area contributed by atoms with Gasteiger partial charge in [0, 0.05) is 35.9 Å². The summed E-state index contributed by atoms with van der Waals surface area (Å²) in [6.07, 6.45) is 2.56. The van der Waals surface area contributed by atoms with Crippen molar-refractivity contribution in [2.24, 2.45) is 0 Å². The van der Waals surface area contributed by atoms with Crippen molar-refractivity contribution in [2.75, 3.05) is 0 Å². The van der Waals surface area contributed by atoms with Gasteiger partial charge in [-0.2, -0.15) is 0 Å². The maximum Gasteiger partial charge on any atom is 0.573 e. The van der Waals surface area contributed by atoms with Gasteiger partial charge in [0.05, 0.1) is 18.4 Å². The molecule has 4 rings (SSSR count). The zero-order chi connectivity index (χ0) is 24.8. The largest absolute Gasteiger partial charge is 0.573 e. The molecule has 1 unspecified atom stereocenters. The van der Waals surface area contributed by atoms with Gasteiger partial charge in [-0.05, 0) is 24.3 Å². The number of aromatic nitrogens is 4. The molecule has 4 aromatic rings. The lowest BCUT2D eigenvalue weighted by Crippen LogP contribution is -2.43. The van der Waals surface area contributed by atoms with Gasteiger partial charge in [-0.3, -0.25) is 9.59 Å². The summed E-state index contributed by atoms with van der Waals surface area (Å²) in [6.45, 7) is 0.171. The summed E-state index contributed by atoms with van der Waals surface area (Å²) in [5, 5.41) is 2.72. The van der Waals surface area contributed by atoms with Gasteiger partial charge in [-0.15, -0.1) is 13.2 Å². The smallest absolute Gasteiger partial charge is 0.406 e. The molecule has 0 spiro atoms. The van der Waals surface area contributed by atoms with E-state index in [0.29, 0.717) is 11.1 Å². The Kier molecular flexibility index (Phi) is 6.86. The van der Waals surface area contributed by atoms with Crippen molar-refractivity contribution >= 4 is 11.7 Å². The van der Waals surface area contributed by atoms with Crippen LogP contribution >= 0.6 is 0 Å². The number of nitrogens with zero attached hydrogens (tertiary/aromatic N) is 4. The Bertz CT molecular complexity index is 1280. The van der Waals surface area contributed by atoms with E-state index in [0.717, 1.165) is 12.1 Å². The Morgan fingerprint density at radius 3 is 2.26 bits per heavy atom. The Labute approximate surface area is 197 Å². The summed E-state index contributed by atoms with van der Waals surface area (Å²) in [7, 11) is 0. The molecular weight excluding hydrogens is 463 g/mol.